The summed E-state index contributed by atoms with van der Waals surface area (Å²) in [6.07, 6.45) is 5.01. The van der Waals surface area contributed by atoms with E-state index in [2.05, 4.69) is 20.3 Å². The molecule has 3 heterocycles. The van der Waals surface area contributed by atoms with E-state index in [-0.39, 0.29) is 11.5 Å². The second-order valence-electron chi connectivity index (χ2n) is 7.20. The highest BCUT2D eigenvalue weighted by Crippen LogP contribution is 2.28. The van der Waals surface area contributed by atoms with Gasteiger partial charge in [-0.3, -0.25) is 0 Å². The van der Waals surface area contributed by atoms with Gasteiger partial charge < -0.3 is 14.5 Å². The molecule has 0 atom stereocenters. The van der Waals surface area contributed by atoms with Crippen molar-refractivity contribution in [1.29, 1.82) is 0 Å². The van der Waals surface area contributed by atoms with Crippen molar-refractivity contribution in [2.45, 2.75) is 6.54 Å². The smallest absolute Gasteiger partial charge is 0.358 e. The van der Waals surface area contributed by atoms with Gasteiger partial charge in [0.25, 0.3) is 0 Å². The normalized spacial score (nSPS) is 11.1. The third-order valence-corrected chi connectivity index (χ3v) is 5.22. The summed E-state index contributed by atoms with van der Waals surface area (Å²) in [4.78, 5) is 24.7. The first-order valence-electron chi connectivity index (χ1n) is 9.92. The number of imidazole rings is 1. The van der Waals surface area contributed by atoms with Crippen LogP contribution in [0.4, 0.5) is 10.2 Å². The predicted molar refractivity (Wildman–Crippen MR) is 119 cm³/mol. The second kappa shape index (κ2) is 8.07. The fourth-order valence-electron chi connectivity index (χ4n) is 3.56. The van der Waals surface area contributed by atoms with Crippen LogP contribution in [0.1, 0.15) is 16.1 Å². The van der Waals surface area contributed by atoms with Crippen LogP contribution in [-0.2, 0) is 11.3 Å². The summed E-state index contributed by atoms with van der Waals surface area (Å²) in [6, 6.07) is 16.3. The number of anilines is 1. The molecule has 2 aromatic carbocycles. The molecule has 32 heavy (non-hydrogen) atoms. The van der Waals surface area contributed by atoms with Crippen molar-refractivity contribution in [3.63, 3.8) is 0 Å². The van der Waals surface area contributed by atoms with Gasteiger partial charge in [0.1, 0.15) is 23.6 Å². The van der Waals surface area contributed by atoms with Crippen LogP contribution in [0.5, 0.6) is 0 Å². The number of rotatable bonds is 5. The minimum absolute atomic E-state index is 0.246. The Balaban J connectivity index is 1.50. The second-order valence-corrected chi connectivity index (χ2v) is 7.20. The molecule has 0 radical (unpaired) electrons. The van der Waals surface area contributed by atoms with Gasteiger partial charge in [0.2, 0.25) is 0 Å². The van der Waals surface area contributed by atoms with E-state index in [0.717, 1.165) is 22.0 Å². The average molecular weight is 427 g/mol. The van der Waals surface area contributed by atoms with Crippen molar-refractivity contribution in [3.8, 4) is 11.1 Å². The molecular formula is C24H18FN5O2. The van der Waals surface area contributed by atoms with Crippen LogP contribution in [0.2, 0.25) is 0 Å². The monoisotopic (exact) mass is 427 g/mol. The van der Waals surface area contributed by atoms with E-state index in [4.69, 9.17) is 4.74 Å². The molecular weight excluding hydrogens is 409 g/mol. The van der Waals surface area contributed by atoms with Crippen molar-refractivity contribution in [2.75, 3.05) is 12.4 Å². The lowest BCUT2D eigenvalue weighted by Crippen LogP contribution is -2.04. The molecule has 3 aromatic heterocycles. The summed E-state index contributed by atoms with van der Waals surface area (Å²) in [6.45, 7) is 0.306. The van der Waals surface area contributed by atoms with Crippen molar-refractivity contribution >= 4 is 28.3 Å². The minimum Gasteiger partial charge on any atom is -0.464 e. The Morgan fingerprint density at radius 3 is 2.75 bits per heavy atom. The Bertz CT molecular complexity index is 1460. The maximum absolute atomic E-state index is 14.0. The van der Waals surface area contributed by atoms with Crippen LogP contribution in [0.3, 0.4) is 0 Å². The highest BCUT2D eigenvalue weighted by molar-refractivity contribution is 5.92. The maximum Gasteiger partial charge on any atom is 0.358 e. The number of pyridine rings is 1. The molecule has 0 aliphatic rings. The molecule has 158 valence electrons. The Kier molecular flexibility index (Phi) is 4.95. The van der Waals surface area contributed by atoms with Crippen molar-refractivity contribution in [2.24, 2.45) is 0 Å². The maximum atomic E-state index is 14.0. The molecule has 0 fully saturated rings. The number of hydrogen-bond donors (Lipinski definition) is 1. The minimum atomic E-state index is -0.483. The van der Waals surface area contributed by atoms with Crippen LogP contribution in [0.15, 0.2) is 73.3 Å². The standard InChI is InChI=1S/C24H18FN5O2/c1-32-24(31)21-13-30-12-17(7-9-22(30)29-21)15-6-8-20-18(10-15)23(28-14-27-20)26-11-16-4-2-3-5-19(16)25/h2-10,12-14H,11H2,1H3,(H,26,27,28). The summed E-state index contributed by atoms with van der Waals surface area (Å²) in [5, 5.41) is 4.04. The zero-order valence-corrected chi connectivity index (χ0v) is 17.1. The topological polar surface area (TPSA) is 81.4 Å². The summed E-state index contributed by atoms with van der Waals surface area (Å²) < 4.78 is 20.5. The van der Waals surface area contributed by atoms with Crippen LogP contribution >= 0.6 is 0 Å². The molecule has 1 N–H and O–H groups in total. The van der Waals surface area contributed by atoms with E-state index >= 15 is 0 Å². The Labute approximate surface area is 182 Å². The van der Waals surface area contributed by atoms with Gasteiger partial charge in [-0.05, 0) is 41.5 Å². The molecule has 0 spiro atoms. The van der Waals surface area contributed by atoms with Gasteiger partial charge in [0.05, 0.1) is 12.6 Å². The predicted octanol–water partition coefficient (Wildman–Crippen LogP) is 4.48. The van der Waals surface area contributed by atoms with Gasteiger partial charge in [-0.1, -0.05) is 24.3 Å². The number of ether oxygens (including phenoxy) is 1. The Morgan fingerprint density at radius 1 is 1.06 bits per heavy atom. The SMILES string of the molecule is COC(=O)c1cn2cc(-c3ccc4ncnc(NCc5ccccc5F)c4c3)ccc2n1. The number of methoxy groups -OCH3 is 1. The molecule has 0 aliphatic carbocycles. The number of carbonyl (C=O) groups excluding carboxylic acids is 1. The van der Waals surface area contributed by atoms with Crippen molar-refractivity contribution in [1.82, 2.24) is 19.4 Å². The highest BCUT2D eigenvalue weighted by Gasteiger charge is 2.12. The van der Waals surface area contributed by atoms with Crippen molar-refractivity contribution in [3.05, 3.63) is 90.4 Å². The van der Waals surface area contributed by atoms with Gasteiger partial charge in [-0.25, -0.2) is 24.1 Å². The largest absolute Gasteiger partial charge is 0.464 e. The number of esters is 1. The zero-order chi connectivity index (χ0) is 22.1. The van der Waals surface area contributed by atoms with E-state index in [1.807, 2.05) is 36.5 Å². The number of halogens is 1. The van der Waals surface area contributed by atoms with Gasteiger partial charge >= 0.3 is 5.97 Å². The number of benzene rings is 2. The quantitative estimate of drug-likeness (QED) is 0.417. The molecule has 5 aromatic rings. The third-order valence-electron chi connectivity index (χ3n) is 5.22. The number of nitrogens with one attached hydrogen (secondary N) is 1. The Morgan fingerprint density at radius 2 is 1.91 bits per heavy atom. The molecule has 0 saturated carbocycles. The zero-order valence-electron chi connectivity index (χ0n) is 17.1. The van der Waals surface area contributed by atoms with E-state index in [9.17, 15) is 9.18 Å². The van der Waals surface area contributed by atoms with Gasteiger partial charge in [0, 0.05) is 29.9 Å². The molecule has 0 amide bonds. The van der Waals surface area contributed by atoms with Gasteiger partial charge in [-0.2, -0.15) is 0 Å². The fourth-order valence-corrected chi connectivity index (χ4v) is 3.56. The number of carbonyl (C=O) groups is 1. The molecule has 7 nitrogen and oxygen atoms in total. The van der Waals surface area contributed by atoms with Crippen LogP contribution in [0.25, 0.3) is 27.7 Å². The first-order chi connectivity index (χ1) is 15.6. The van der Waals surface area contributed by atoms with E-state index in [1.165, 1.54) is 19.5 Å². The summed E-state index contributed by atoms with van der Waals surface area (Å²) >= 11 is 0. The number of aromatic nitrogens is 4. The van der Waals surface area contributed by atoms with Crippen LogP contribution in [-0.4, -0.2) is 32.4 Å². The average Bonchev–Trinajstić information content (AvgIpc) is 3.26. The lowest BCUT2D eigenvalue weighted by atomic mass is 10.0. The first kappa shape index (κ1) is 19.6. The molecule has 8 heteroatoms. The van der Waals surface area contributed by atoms with Crippen molar-refractivity contribution < 1.29 is 13.9 Å². The summed E-state index contributed by atoms with van der Waals surface area (Å²) in [5.74, 6) is -0.125. The first-order valence-corrected chi connectivity index (χ1v) is 9.92. The number of fused-ring (bicyclic) bond motifs is 2. The number of nitrogens with zero attached hydrogens (tertiary/aromatic N) is 4. The summed E-state index contributed by atoms with van der Waals surface area (Å²) in [7, 11) is 1.33. The molecule has 0 unspecified atom stereocenters. The Hall–Kier alpha value is -4.33. The van der Waals surface area contributed by atoms with Gasteiger partial charge in [0.15, 0.2) is 5.69 Å². The highest BCUT2D eigenvalue weighted by atomic mass is 19.1. The van der Waals surface area contributed by atoms with E-state index < -0.39 is 5.97 Å². The van der Waals surface area contributed by atoms with Gasteiger partial charge in [-0.15, -0.1) is 0 Å². The fraction of sp³-hybridized carbons (Fsp3) is 0.0833. The van der Waals surface area contributed by atoms with E-state index in [1.54, 1.807) is 28.8 Å². The summed E-state index contributed by atoms with van der Waals surface area (Å²) in [5.41, 5.74) is 4.09. The molecule has 0 saturated heterocycles. The molecule has 0 aliphatic heterocycles. The lowest BCUT2D eigenvalue weighted by molar-refractivity contribution is 0.0595. The molecule has 5 rings (SSSR count). The molecule has 0 bridgehead atoms. The van der Waals surface area contributed by atoms with Crippen LogP contribution in [0, 0.1) is 5.82 Å². The number of hydrogen-bond acceptors (Lipinski definition) is 6. The van der Waals surface area contributed by atoms with Crippen LogP contribution < -0.4 is 5.32 Å². The lowest BCUT2D eigenvalue weighted by Gasteiger charge is -2.10. The van der Waals surface area contributed by atoms with E-state index in [0.29, 0.717) is 23.6 Å². The third kappa shape index (κ3) is 3.62.